The summed E-state index contributed by atoms with van der Waals surface area (Å²) in [6.07, 6.45) is 2.56. The van der Waals surface area contributed by atoms with E-state index in [4.69, 9.17) is 5.73 Å². The minimum atomic E-state index is -0.0460. The Labute approximate surface area is 124 Å². The van der Waals surface area contributed by atoms with Crippen LogP contribution in [0.4, 0.5) is 11.4 Å². The molecule has 0 aliphatic carbocycles. The van der Waals surface area contributed by atoms with E-state index in [-0.39, 0.29) is 5.91 Å². The zero-order valence-corrected chi connectivity index (χ0v) is 12.3. The molecule has 0 unspecified atom stereocenters. The quantitative estimate of drug-likeness (QED) is 0.824. The number of nitrogens with one attached hydrogen (secondary N) is 1. The maximum absolute atomic E-state index is 12.1. The summed E-state index contributed by atoms with van der Waals surface area (Å²) in [7, 11) is 3.46. The molecule has 1 amide bonds. The first-order chi connectivity index (χ1) is 10.1. The first kappa shape index (κ1) is 14.8. The van der Waals surface area contributed by atoms with E-state index in [9.17, 15) is 4.79 Å². The zero-order chi connectivity index (χ0) is 15.2. The Kier molecular flexibility index (Phi) is 4.77. The van der Waals surface area contributed by atoms with Crippen molar-refractivity contribution >= 4 is 17.3 Å². The number of nitrogens with two attached hydrogens (primary N) is 1. The average molecular weight is 284 g/mol. The summed E-state index contributed by atoms with van der Waals surface area (Å²) in [6, 6.07) is 11.1. The molecule has 0 saturated carbocycles. The zero-order valence-electron chi connectivity index (χ0n) is 12.3. The van der Waals surface area contributed by atoms with Gasteiger partial charge in [0.25, 0.3) is 5.91 Å². The minimum Gasteiger partial charge on any atom is -0.399 e. The first-order valence-corrected chi connectivity index (χ1v) is 6.83. The maximum atomic E-state index is 12.1. The summed E-state index contributed by atoms with van der Waals surface area (Å²) in [4.78, 5) is 18.0. The fourth-order valence-corrected chi connectivity index (χ4v) is 2.01. The van der Waals surface area contributed by atoms with Gasteiger partial charge in [-0.15, -0.1) is 0 Å². The Bertz CT molecular complexity index is 611. The van der Waals surface area contributed by atoms with Crippen LogP contribution in [-0.2, 0) is 6.42 Å². The second-order valence-electron chi connectivity index (χ2n) is 5.00. The average Bonchev–Trinajstić information content (AvgIpc) is 2.48. The number of carbonyl (C=O) groups is 1. The molecule has 0 fully saturated rings. The third-order valence-electron chi connectivity index (χ3n) is 3.10. The van der Waals surface area contributed by atoms with Crippen LogP contribution in [-0.4, -0.2) is 36.4 Å². The lowest BCUT2D eigenvalue weighted by Gasteiger charge is -2.16. The van der Waals surface area contributed by atoms with Gasteiger partial charge < -0.3 is 16.0 Å². The van der Waals surface area contributed by atoms with Crippen LogP contribution in [0.1, 0.15) is 16.1 Å². The van der Waals surface area contributed by atoms with Crippen molar-refractivity contribution < 1.29 is 4.79 Å². The van der Waals surface area contributed by atoms with Crippen molar-refractivity contribution in [1.82, 2.24) is 9.88 Å². The lowest BCUT2D eigenvalue weighted by Crippen LogP contribution is -2.23. The van der Waals surface area contributed by atoms with Gasteiger partial charge in [-0.3, -0.25) is 9.78 Å². The molecule has 0 spiro atoms. The van der Waals surface area contributed by atoms with Crippen LogP contribution in [0.5, 0.6) is 0 Å². The molecule has 1 aromatic heterocycles. The standard InChI is InChI=1S/C16H20N4O/c1-20(2)16(21)14-7-6-12(17)11-15(14)19-10-8-13-5-3-4-9-18-13/h3-7,9,11,19H,8,10,17H2,1-2H3. The number of pyridine rings is 1. The third kappa shape index (κ3) is 3.95. The molecule has 0 saturated heterocycles. The number of benzene rings is 1. The molecular formula is C16H20N4O. The van der Waals surface area contributed by atoms with Gasteiger partial charge in [0.15, 0.2) is 0 Å². The van der Waals surface area contributed by atoms with Gasteiger partial charge in [-0.05, 0) is 30.3 Å². The molecule has 2 rings (SSSR count). The van der Waals surface area contributed by atoms with Crippen LogP contribution < -0.4 is 11.1 Å². The molecule has 2 aromatic rings. The predicted octanol–water partition coefficient (Wildman–Crippen LogP) is 2.02. The Morgan fingerprint density at radius 1 is 1.29 bits per heavy atom. The highest BCUT2D eigenvalue weighted by molar-refractivity contribution is 5.99. The molecule has 0 atom stereocenters. The summed E-state index contributed by atoms with van der Waals surface area (Å²) >= 11 is 0. The van der Waals surface area contributed by atoms with Crippen molar-refractivity contribution in [2.45, 2.75) is 6.42 Å². The van der Waals surface area contributed by atoms with Crippen molar-refractivity contribution in [3.63, 3.8) is 0 Å². The van der Waals surface area contributed by atoms with Gasteiger partial charge in [-0.2, -0.15) is 0 Å². The normalized spacial score (nSPS) is 10.2. The fourth-order valence-electron chi connectivity index (χ4n) is 2.01. The van der Waals surface area contributed by atoms with E-state index in [1.54, 1.807) is 43.4 Å². The number of nitrogens with zero attached hydrogens (tertiary/aromatic N) is 2. The Balaban J connectivity index is 2.08. The third-order valence-corrected chi connectivity index (χ3v) is 3.10. The highest BCUT2D eigenvalue weighted by Gasteiger charge is 2.13. The Morgan fingerprint density at radius 3 is 2.76 bits per heavy atom. The second kappa shape index (κ2) is 6.74. The van der Waals surface area contributed by atoms with Gasteiger partial charge in [0.05, 0.1) is 5.56 Å². The van der Waals surface area contributed by atoms with Crippen molar-refractivity contribution in [2.75, 3.05) is 31.7 Å². The maximum Gasteiger partial charge on any atom is 0.255 e. The number of rotatable bonds is 5. The summed E-state index contributed by atoms with van der Waals surface area (Å²) in [6.45, 7) is 0.689. The van der Waals surface area contributed by atoms with Crippen molar-refractivity contribution in [2.24, 2.45) is 0 Å². The van der Waals surface area contributed by atoms with E-state index in [1.807, 2.05) is 18.2 Å². The molecular weight excluding hydrogens is 264 g/mol. The van der Waals surface area contributed by atoms with Crippen LogP contribution in [0.15, 0.2) is 42.6 Å². The number of carbonyl (C=O) groups excluding carboxylic acids is 1. The van der Waals surface area contributed by atoms with Crippen molar-refractivity contribution in [1.29, 1.82) is 0 Å². The summed E-state index contributed by atoms with van der Waals surface area (Å²) < 4.78 is 0. The van der Waals surface area contributed by atoms with E-state index >= 15 is 0 Å². The van der Waals surface area contributed by atoms with Crippen molar-refractivity contribution in [3.8, 4) is 0 Å². The lowest BCUT2D eigenvalue weighted by atomic mass is 10.1. The molecule has 1 heterocycles. The van der Waals surface area contributed by atoms with Gasteiger partial charge in [0, 0.05) is 50.3 Å². The van der Waals surface area contributed by atoms with Crippen LogP contribution in [0.3, 0.4) is 0 Å². The van der Waals surface area contributed by atoms with Crippen LogP contribution in [0.25, 0.3) is 0 Å². The Morgan fingerprint density at radius 2 is 2.10 bits per heavy atom. The molecule has 5 nitrogen and oxygen atoms in total. The summed E-state index contributed by atoms with van der Waals surface area (Å²) in [5, 5.41) is 3.27. The first-order valence-electron chi connectivity index (χ1n) is 6.83. The molecule has 5 heteroatoms. The van der Waals surface area contributed by atoms with Gasteiger partial charge in [0.1, 0.15) is 0 Å². The number of amides is 1. The smallest absolute Gasteiger partial charge is 0.255 e. The lowest BCUT2D eigenvalue weighted by molar-refractivity contribution is 0.0828. The molecule has 0 aliphatic heterocycles. The van der Waals surface area contributed by atoms with Crippen LogP contribution >= 0.6 is 0 Å². The predicted molar refractivity (Wildman–Crippen MR) is 85.3 cm³/mol. The highest BCUT2D eigenvalue weighted by Crippen LogP contribution is 2.20. The van der Waals surface area contributed by atoms with E-state index in [0.29, 0.717) is 17.8 Å². The van der Waals surface area contributed by atoms with Gasteiger partial charge in [-0.1, -0.05) is 6.07 Å². The monoisotopic (exact) mass is 284 g/mol. The molecule has 0 bridgehead atoms. The van der Waals surface area contributed by atoms with E-state index in [0.717, 1.165) is 17.8 Å². The van der Waals surface area contributed by atoms with E-state index < -0.39 is 0 Å². The molecule has 1 aromatic carbocycles. The fraction of sp³-hybridized carbons (Fsp3) is 0.250. The molecule has 0 radical (unpaired) electrons. The van der Waals surface area contributed by atoms with E-state index in [2.05, 4.69) is 10.3 Å². The van der Waals surface area contributed by atoms with Crippen LogP contribution in [0.2, 0.25) is 0 Å². The molecule has 21 heavy (non-hydrogen) atoms. The summed E-state index contributed by atoms with van der Waals surface area (Å²) in [5.74, 6) is -0.0460. The minimum absolute atomic E-state index is 0.0460. The highest BCUT2D eigenvalue weighted by atomic mass is 16.2. The molecule has 110 valence electrons. The second-order valence-corrected chi connectivity index (χ2v) is 5.00. The SMILES string of the molecule is CN(C)C(=O)c1ccc(N)cc1NCCc1ccccn1. The molecule has 3 N–H and O–H groups in total. The number of hydrogen-bond acceptors (Lipinski definition) is 4. The van der Waals surface area contributed by atoms with Crippen LogP contribution in [0, 0.1) is 0 Å². The largest absolute Gasteiger partial charge is 0.399 e. The van der Waals surface area contributed by atoms with E-state index in [1.165, 1.54) is 0 Å². The number of aromatic nitrogens is 1. The molecule has 0 aliphatic rings. The number of anilines is 2. The number of hydrogen-bond donors (Lipinski definition) is 2. The Hall–Kier alpha value is -2.56. The van der Waals surface area contributed by atoms with Gasteiger partial charge in [0.2, 0.25) is 0 Å². The topological polar surface area (TPSA) is 71.2 Å². The van der Waals surface area contributed by atoms with Gasteiger partial charge in [-0.25, -0.2) is 0 Å². The summed E-state index contributed by atoms with van der Waals surface area (Å²) in [5.41, 5.74) is 8.82. The number of nitrogen functional groups attached to an aromatic ring is 1. The van der Waals surface area contributed by atoms with Crippen molar-refractivity contribution in [3.05, 3.63) is 53.9 Å². The van der Waals surface area contributed by atoms with Gasteiger partial charge >= 0.3 is 0 Å².